The van der Waals surface area contributed by atoms with E-state index < -0.39 is 0 Å². The molecule has 0 spiro atoms. The molecule has 0 unspecified atom stereocenters. The average molecular weight is 309 g/mol. The normalized spacial score (nSPS) is 10.3. The van der Waals surface area contributed by atoms with Crippen LogP contribution in [0.15, 0.2) is 41.4 Å². The highest BCUT2D eigenvalue weighted by Crippen LogP contribution is 2.23. The monoisotopic (exact) mass is 308 g/mol. The van der Waals surface area contributed by atoms with Gasteiger partial charge in [0.05, 0.1) is 12.4 Å². The number of rotatable bonds is 5. The molecule has 20 heavy (non-hydrogen) atoms. The van der Waals surface area contributed by atoms with E-state index in [0.29, 0.717) is 22.6 Å². The topological polar surface area (TPSA) is 52.1 Å². The number of carbonyl (C=O) groups is 1. The molecule has 2 aromatic rings. The Morgan fingerprint density at radius 1 is 1.30 bits per heavy atom. The van der Waals surface area contributed by atoms with E-state index in [1.807, 2.05) is 30.3 Å². The van der Waals surface area contributed by atoms with E-state index in [2.05, 4.69) is 9.97 Å². The molecule has 0 amide bonds. The van der Waals surface area contributed by atoms with Gasteiger partial charge in [0.25, 0.3) is 0 Å². The number of ether oxygens (including phenoxy) is 1. The first kappa shape index (κ1) is 14.8. The second-order valence-corrected chi connectivity index (χ2v) is 5.20. The van der Waals surface area contributed by atoms with E-state index in [9.17, 15) is 4.79 Å². The van der Waals surface area contributed by atoms with Gasteiger partial charge in [-0.25, -0.2) is 9.97 Å². The molecule has 1 aromatic heterocycles. The van der Waals surface area contributed by atoms with Crippen LogP contribution in [0.25, 0.3) is 11.4 Å². The molecule has 0 atom stereocenters. The molecule has 0 fully saturated rings. The third-order valence-corrected chi connectivity index (χ3v) is 3.43. The van der Waals surface area contributed by atoms with Crippen LogP contribution in [0, 0.1) is 0 Å². The summed E-state index contributed by atoms with van der Waals surface area (Å²) in [5, 5.41) is 1.00. The molecule has 0 N–H and O–H groups in total. The zero-order valence-corrected chi connectivity index (χ0v) is 12.4. The van der Waals surface area contributed by atoms with Gasteiger partial charge in [0.15, 0.2) is 5.82 Å². The van der Waals surface area contributed by atoms with E-state index in [0.717, 1.165) is 5.56 Å². The van der Waals surface area contributed by atoms with Crippen LogP contribution in [-0.2, 0) is 9.53 Å². The maximum absolute atomic E-state index is 11.3. The second-order valence-electron chi connectivity index (χ2n) is 3.81. The molecule has 1 aromatic carbocycles. The Morgan fingerprint density at radius 2 is 2.05 bits per heavy atom. The quantitative estimate of drug-likeness (QED) is 0.481. The summed E-state index contributed by atoms with van der Waals surface area (Å²) in [6.07, 6.45) is 0. The minimum Gasteiger partial charge on any atom is -0.465 e. The highest BCUT2D eigenvalue weighted by molar-refractivity contribution is 7.99. The van der Waals surface area contributed by atoms with Gasteiger partial charge in [0.2, 0.25) is 0 Å². The van der Waals surface area contributed by atoms with Gasteiger partial charge in [0, 0.05) is 11.6 Å². The van der Waals surface area contributed by atoms with Gasteiger partial charge >= 0.3 is 5.97 Å². The van der Waals surface area contributed by atoms with Crippen molar-refractivity contribution in [1.82, 2.24) is 9.97 Å². The van der Waals surface area contributed by atoms with Crippen molar-refractivity contribution in [3.63, 3.8) is 0 Å². The van der Waals surface area contributed by atoms with Crippen LogP contribution >= 0.6 is 23.4 Å². The first-order valence-electron chi connectivity index (χ1n) is 6.07. The van der Waals surface area contributed by atoms with Crippen LogP contribution in [0.4, 0.5) is 0 Å². The number of aromatic nitrogens is 2. The lowest BCUT2D eigenvalue weighted by Gasteiger charge is -2.05. The van der Waals surface area contributed by atoms with Crippen molar-refractivity contribution >= 4 is 29.3 Å². The zero-order valence-electron chi connectivity index (χ0n) is 10.9. The zero-order chi connectivity index (χ0) is 14.4. The summed E-state index contributed by atoms with van der Waals surface area (Å²) in [7, 11) is 0. The molecule has 0 aliphatic rings. The van der Waals surface area contributed by atoms with Crippen LogP contribution in [-0.4, -0.2) is 28.3 Å². The smallest absolute Gasteiger partial charge is 0.316 e. The number of carbonyl (C=O) groups excluding carboxylic acids is 1. The fourth-order valence-electron chi connectivity index (χ4n) is 1.52. The highest BCUT2D eigenvalue weighted by Gasteiger charge is 2.09. The number of nitrogens with zero attached hydrogens (tertiary/aromatic N) is 2. The summed E-state index contributed by atoms with van der Waals surface area (Å²) in [6.45, 7) is 2.15. The summed E-state index contributed by atoms with van der Waals surface area (Å²) >= 11 is 7.28. The lowest BCUT2D eigenvalue weighted by atomic mass is 10.2. The molecule has 0 radical (unpaired) electrons. The molecule has 0 saturated heterocycles. The number of benzene rings is 1. The first-order chi connectivity index (χ1) is 9.69. The maximum Gasteiger partial charge on any atom is 0.316 e. The largest absolute Gasteiger partial charge is 0.465 e. The molecule has 4 nitrogen and oxygen atoms in total. The predicted molar refractivity (Wildman–Crippen MR) is 79.8 cm³/mol. The lowest BCUT2D eigenvalue weighted by Crippen LogP contribution is -2.06. The van der Waals surface area contributed by atoms with Crippen LogP contribution in [0.1, 0.15) is 6.92 Å². The van der Waals surface area contributed by atoms with E-state index >= 15 is 0 Å². The van der Waals surface area contributed by atoms with Gasteiger partial charge < -0.3 is 4.74 Å². The number of esters is 1. The van der Waals surface area contributed by atoms with Gasteiger partial charge in [-0.15, -0.1) is 0 Å². The molecule has 1 heterocycles. The van der Waals surface area contributed by atoms with E-state index in [1.165, 1.54) is 11.8 Å². The fraction of sp³-hybridized carbons (Fsp3) is 0.214. The Kier molecular flexibility index (Phi) is 5.38. The molecule has 104 valence electrons. The Balaban J connectivity index is 2.15. The van der Waals surface area contributed by atoms with Crippen LogP contribution in [0.2, 0.25) is 5.15 Å². The molecule has 0 aliphatic carbocycles. The van der Waals surface area contributed by atoms with Crippen LogP contribution in [0.3, 0.4) is 0 Å². The number of hydrogen-bond acceptors (Lipinski definition) is 5. The van der Waals surface area contributed by atoms with E-state index in [-0.39, 0.29) is 11.7 Å². The minimum atomic E-state index is -0.270. The van der Waals surface area contributed by atoms with Gasteiger partial charge in [-0.1, -0.05) is 53.7 Å². The van der Waals surface area contributed by atoms with E-state index in [4.69, 9.17) is 16.3 Å². The highest BCUT2D eigenvalue weighted by atomic mass is 35.5. The lowest BCUT2D eigenvalue weighted by molar-refractivity contribution is -0.139. The molecule has 2 rings (SSSR count). The Morgan fingerprint density at radius 3 is 2.75 bits per heavy atom. The first-order valence-corrected chi connectivity index (χ1v) is 7.44. The van der Waals surface area contributed by atoms with Crippen molar-refractivity contribution in [2.75, 3.05) is 12.4 Å². The number of halogens is 1. The molecular formula is C14H13ClN2O2S. The SMILES string of the molecule is CCOC(=O)CSc1cc(Cl)nc(-c2ccccc2)n1. The summed E-state index contributed by atoms with van der Waals surface area (Å²) in [5.74, 6) is 0.480. The predicted octanol–water partition coefficient (Wildman–Crippen LogP) is 3.45. The molecule has 0 aliphatic heterocycles. The van der Waals surface area contributed by atoms with E-state index in [1.54, 1.807) is 13.0 Å². The summed E-state index contributed by atoms with van der Waals surface area (Å²) in [4.78, 5) is 19.9. The van der Waals surface area contributed by atoms with Crippen molar-refractivity contribution in [1.29, 1.82) is 0 Å². The number of hydrogen-bond donors (Lipinski definition) is 0. The third-order valence-electron chi connectivity index (χ3n) is 2.35. The fourth-order valence-corrected chi connectivity index (χ4v) is 2.47. The van der Waals surface area contributed by atoms with Gasteiger partial charge in [-0.05, 0) is 6.92 Å². The van der Waals surface area contributed by atoms with Crippen molar-refractivity contribution in [3.05, 3.63) is 41.6 Å². The summed E-state index contributed by atoms with van der Waals surface area (Å²) in [6, 6.07) is 11.2. The van der Waals surface area contributed by atoms with Crippen molar-refractivity contribution in [2.24, 2.45) is 0 Å². The molecule has 0 saturated carbocycles. The standard InChI is InChI=1S/C14H13ClN2O2S/c1-2-19-13(18)9-20-12-8-11(15)16-14(17-12)10-6-4-3-5-7-10/h3-8H,2,9H2,1H3. The van der Waals surface area contributed by atoms with Crippen molar-refractivity contribution in [2.45, 2.75) is 11.9 Å². The van der Waals surface area contributed by atoms with Gasteiger partial charge in [-0.3, -0.25) is 4.79 Å². The molecule has 0 bridgehead atoms. The van der Waals surface area contributed by atoms with Gasteiger partial charge in [0.1, 0.15) is 10.2 Å². The van der Waals surface area contributed by atoms with Crippen molar-refractivity contribution in [3.8, 4) is 11.4 Å². The average Bonchev–Trinajstić information content (AvgIpc) is 2.46. The maximum atomic E-state index is 11.3. The van der Waals surface area contributed by atoms with Crippen LogP contribution in [0.5, 0.6) is 0 Å². The third kappa shape index (κ3) is 4.21. The van der Waals surface area contributed by atoms with Crippen LogP contribution < -0.4 is 0 Å². The van der Waals surface area contributed by atoms with Gasteiger partial charge in [-0.2, -0.15) is 0 Å². The molecular weight excluding hydrogens is 296 g/mol. The summed E-state index contributed by atoms with van der Waals surface area (Å²) in [5.41, 5.74) is 0.882. The molecule has 6 heteroatoms. The summed E-state index contributed by atoms with van der Waals surface area (Å²) < 4.78 is 4.87. The van der Waals surface area contributed by atoms with Crippen molar-refractivity contribution < 1.29 is 9.53 Å². The Hall–Kier alpha value is -1.59. The minimum absolute atomic E-state index is 0.204. The number of thioether (sulfide) groups is 1. The Labute approximate surface area is 126 Å². The second kappa shape index (κ2) is 7.26. The Bertz CT molecular complexity index is 593.